The smallest absolute Gasteiger partial charge is 0.250 e. The Morgan fingerprint density at radius 2 is 1.83 bits per heavy atom. The zero-order chi connectivity index (χ0) is 24.0. The number of benzene rings is 3. The Kier molecular flexibility index (Phi) is 7.28. The largest absolute Gasteiger partial charge is 0.342 e. The Balaban J connectivity index is 1.20. The molecule has 0 spiro atoms. The molecule has 1 amide bonds. The molecule has 0 aliphatic heterocycles. The van der Waals surface area contributed by atoms with Crippen LogP contribution in [0.25, 0.3) is 22.2 Å². The highest BCUT2D eigenvalue weighted by molar-refractivity contribution is 8.01. The monoisotopic (exact) mass is 516 g/mol. The van der Waals surface area contributed by atoms with Crippen molar-refractivity contribution in [3.8, 4) is 11.3 Å². The number of hydrazone groups is 1. The fourth-order valence-electron chi connectivity index (χ4n) is 3.70. The van der Waals surface area contributed by atoms with E-state index in [1.165, 1.54) is 28.7 Å². The lowest BCUT2D eigenvalue weighted by atomic mass is 10.2. The van der Waals surface area contributed by atoms with Crippen molar-refractivity contribution < 1.29 is 4.79 Å². The number of hydrogen-bond donors (Lipinski definition) is 1. The molecule has 0 unspecified atom stereocenters. The van der Waals surface area contributed by atoms with Crippen molar-refractivity contribution in [2.75, 3.05) is 5.75 Å². The van der Waals surface area contributed by atoms with Gasteiger partial charge in [-0.2, -0.15) is 5.10 Å². The standard InChI is InChI=1S/C27H21ClN4OS2/c28-22-12-10-20(11-13-22)24-17-34-27(30-24)35-18-26(33)31-29-14-21-16-32(15-19-6-2-1-3-7-19)25-9-5-4-8-23(21)25/h1-14,16-17H,15,18H2,(H,31,33)/b29-14+. The topological polar surface area (TPSA) is 59.3 Å². The highest BCUT2D eigenvalue weighted by atomic mass is 35.5. The average molecular weight is 517 g/mol. The maximum Gasteiger partial charge on any atom is 0.250 e. The second-order valence-corrected chi connectivity index (χ2v) is 10.3. The Hall–Kier alpha value is -3.39. The number of rotatable bonds is 8. The molecule has 35 heavy (non-hydrogen) atoms. The predicted molar refractivity (Wildman–Crippen MR) is 147 cm³/mol. The van der Waals surface area contributed by atoms with Crippen LogP contribution >= 0.6 is 34.7 Å². The minimum Gasteiger partial charge on any atom is -0.342 e. The van der Waals surface area contributed by atoms with E-state index in [2.05, 4.69) is 50.5 Å². The highest BCUT2D eigenvalue weighted by Gasteiger charge is 2.09. The Bertz CT molecular complexity index is 1480. The van der Waals surface area contributed by atoms with Crippen LogP contribution in [0.1, 0.15) is 11.1 Å². The number of aromatic nitrogens is 2. The summed E-state index contributed by atoms with van der Waals surface area (Å²) in [7, 11) is 0. The molecule has 0 bridgehead atoms. The van der Waals surface area contributed by atoms with Gasteiger partial charge < -0.3 is 4.57 Å². The number of para-hydroxylation sites is 1. The van der Waals surface area contributed by atoms with Crippen molar-refractivity contribution in [1.29, 1.82) is 0 Å². The third-order valence-corrected chi connectivity index (χ3v) is 7.63. The van der Waals surface area contributed by atoms with E-state index in [1.54, 1.807) is 6.21 Å². The summed E-state index contributed by atoms with van der Waals surface area (Å²) in [5.74, 6) is 0.0586. The number of thioether (sulfide) groups is 1. The van der Waals surface area contributed by atoms with Crippen molar-refractivity contribution in [3.63, 3.8) is 0 Å². The van der Waals surface area contributed by atoms with E-state index in [-0.39, 0.29) is 11.7 Å². The van der Waals surface area contributed by atoms with Crippen molar-refractivity contribution >= 4 is 57.7 Å². The van der Waals surface area contributed by atoms with Crippen LogP contribution in [0.2, 0.25) is 5.02 Å². The molecular formula is C27H21ClN4OS2. The lowest BCUT2D eigenvalue weighted by Gasteiger charge is -2.05. The van der Waals surface area contributed by atoms with E-state index in [0.717, 1.165) is 38.6 Å². The number of carbonyl (C=O) groups is 1. The van der Waals surface area contributed by atoms with Crippen LogP contribution in [0, 0.1) is 0 Å². The van der Waals surface area contributed by atoms with Crippen LogP contribution in [0.3, 0.4) is 0 Å². The molecule has 1 N–H and O–H groups in total. The zero-order valence-electron chi connectivity index (χ0n) is 18.6. The fraction of sp³-hybridized carbons (Fsp3) is 0.0741. The maximum atomic E-state index is 12.3. The summed E-state index contributed by atoms with van der Waals surface area (Å²) in [6.07, 6.45) is 3.77. The van der Waals surface area contributed by atoms with E-state index in [0.29, 0.717) is 5.02 Å². The molecule has 5 aromatic rings. The SMILES string of the molecule is O=C(CSc1nc(-c2ccc(Cl)cc2)cs1)N/N=C/c1cn(Cc2ccccc2)c2ccccc12. The first-order valence-corrected chi connectivity index (χ1v) is 13.2. The third kappa shape index (κ3) is 5.82. The molecule has 0 aliphatic carbocycles. The van der Waals surface area contributed by atoms with Crippen molar-refractivity contribution in [1.82, 2.24) is 15.0 Å². The summed E-state index contributed by atoms with van der Waals surface area (Å²) in [4.78, 5) is 16.9. The van der Waals surface area contributed by atoms with Gasteiger partial charge in [-0.25, -0.2) is 10.4 Å². The number of hydrogen-bond acceptors (Lipinski definition) is 5. The van der Waals surface area contributed by atoms with Gasteiger partial charge in [0.25, 0.3) is 5.91 Å². The second-order valence-electron chi connectivity index (χ2n) is 7.80. The lowest BCUT2D eigenvalue weighted by molar-refractivity contribution is -0.118. The van der Waals surface area contributed by atoms with E-state index < -0.39 is 0 Å². The first-order chi connectivity index (χ1) is 17.2. The van der Waals surface area contributed by atoms with Crippen molar-refractivity contribution in [2.24, 2.45) is 5.10 Å². The summed E-state index contributed by atoms with van der Waals surface area (Å²) in [5, 5.41) is 7.97. The predicted octanol–water partition coefficient (Wildman–Crippen LogP) is 6.71. The molecule has 0 aliphatic rings. The van der Waals surface area contributed by atoms with Crippen LogP contribution in [-0.4, -0.2) is 27.4 Å². The number of thiazole rings is 1. The van der Waals surface area contributed by atoms with Gasteiger partial charge in [0.05, 0.1) is 17.7 Å². The molecule has 174 valence electrons. The van der Waals surface area contributed by atoms with Crippen LogP contribution < -0.4 is 5.43 Å². The molecular weight excluding hydrogens is 496 g/mol. The summed E-state index contributed by atoms with van der Waals surface area (Å²) < 4.78 is 3.03. The summed E-state index contributed by atoms with van der Waals surface area (Å²) in [6, 6.07) is 26.1. The number of nitrogens with one attached hydrogen (secondary N) is 1. The van der Waals surface area contributed by atoms with Crippen molar-refractivity contribution in [3.05, 3.63) is 107 Å². The van der Waals surface area contributed by atoms with Crippen LogP contribution in [0.4, 0.5) is 0 Å². The number of amides is 1. The van der Waals surface area contributed by atoms with E-state index in [1.807, 2.05) is 60.0 Å². The fourth-order valence-corrected chi connectivity index (χ4v) is 5.45. The first-order valence-electron chi connectivity index (χ1n) is 10.9. The molecule has 0 fully saturated rings. The van der Waals surface area contributed by atoms with Gasteiger partial charge in [-0.1, -0.05) is 84.0 Å². The maximum absolute atomic E-state index is 12.3. The molecule has 5 rings (SSSR count). The molecule has 2 heterocycles. The van der Waals surface area contributed by atoms with Crippen molar-refractivity contribution in [2.45, 2.75) is 10.9 Å². The third-order valence-electron chi connectivity index (χ3n) is 5.36. The first kappa shape index (κ1) is 23.4. The van der Waals surface area contributed by atoms with Gasteiger partial charge in [-0.3, -0.25) is 4.79 Å². The minimum atomic E-state index is -0.178. The number of fused-ring (bicyclic) bond motifs is 1. The molecule has 0 radical (unpaired) electrons. The van der Waals surface area contributed by atoms with Gasteiger partial charge >= 0.3 is 0 Å². The average Bonchev–Trinajstić information content (AvgIpc) is 3.49. The Morgan fingerprint density at radius 3 is 2.66 bits per heavy atom. The Labute approximate surface area is 216 Å². The molecule has 5 nitrogen and oxygen atoms in total. The van der Waals surface area contributed by atoms with E-state index in [4.69, 9.17) is 11.6 Å². The number of halogens is 1. The zero-order valence-corrected chi connectivity index (χ0v) is 21.0. The van der Waals surface area contributed by atoms with Gasteiger partial charge in [0.2, 0.25) is 0 Å². The normalized spacial score (nSPS) is 11.3. The quantitative estimate of drug-likeness (QED) is 0.142. The van der Waals surface area contributed by atoms with E-state index in [9.17, 15) is 4.79 Å². The summed E-state index contributed by atoms with van der Waals surface area (Å²) in [6.45, 7) is 0.768. The molecule has 2 aromatic heterocycles. The molecule has 8 heteroatoms. The van der Waals surface area contributed by atoms with Gasteiger partial charge in [0.15, 0.2) is 4.34 Å². The van der Waals surface area contributed by atoms with E-state index >= 15 is 0 Å². The molecule has 0 saturated heterocycles. The summed E-state index contributed by atoms with van der Waals surface area (Å²) in [5.41, 5.74) is 7.81. The van der Waals surface area contributed by atoms with Gasteiger partial charge in [-0.15, -0.1) is 11.3 Å². The lowest BCUT2D eigenvalue weighted by Crippen LogP contribution is -2.19. The molecule has 3 aromatic carbocycles. The van der Waals surface area contributed by atoms with Crippen LogP contribution in [0.5, 0.6) is 0 Å². The highest BCUT2D eigenvalue weighted by Crippen LogP contribution is 2.29. The van der Waals surface area contributed by atoms with Gasteiger partial charge in [-0.05, 0) is 23.8 Å². The molecule has 0 atom stereocenters. The Morgan fingerprint density at radius 1 is 1.06 bits per heavy atom. The minimum absolute atomic E-state index is 0.178. The number of carbonyl (C=O) groups excluding carboxylic acids is 1. The van der Waals surface area contributed by atoms with Crippen LogP contribution in [0.15, 0.2) is 99.9 Å². The van der Waals surface area contributed by atoms with Gasteiger partial charge in [0.1, 0.15) is 0 Å². The van der Waals surface area contributed by atoms with Gasteiger partial charge in [0, 0.05) is 45.2 Å². The van der Waals surface area contributed by atoms with Crippen LogP contribution in [-0.2, 0) is 11.3 Å². The number of nitrogens with zero attached hydrogens (tertiary/aromatic N) is 3. The molecule has 0 saturated carbocycles. The second kappa shape index (κ2) is 10.9. The summed E-state index contributed by atoms with van der Waals surface area (Å²) >= 11 is 8.86.